The van der Waals surface area contributed by atoms with E-state index in [2.05, 4.69) is 13.5 Å². The van der Waals surface area contributed by atoms with E-state index in [9.17, 15) is 9.59 Å². The Labute approximate surface area is 180 Å². The molecule has 0 bridgehead atoms. The van der Waals surface area contributed by atoms with Gasteiger partial charge < -0.3 is 18.9 Å². The van der Waals surface area contributed by atoms with Crippen LogP contribution in [0, 0.1) is 0 Å². The van der Waals surface area contributed by atoms with Gasteiger partial charge in [0.25, 0.3) is 0 Å². The molecule has 1 aromatic carbocycles. The van der Waals surface area contributed by atoms with Crippen molar-refractivity contribution in [1.29, 1.82) is 0 Å². The van der Waals surface area contributed by atoms with Gasteiger partial charge in [0.15, 0.2) is 0 Å². The number of ether oxygens (including phenoxy) is 4. The van der Waals surface area contributed by atoms with E-state index in [4.69, 9.17) is 18.9 Å². The summed E-state index contributed by atoms with van der Waals surface area (Å²) in [6, 6.07) is 7.07. The summed E-state index contributed by atoms with van der Waals surface area (Å²) in [5.41, 5.74) is 0.532. The fourth-order valence-corrected chi connectivity index (χ4v) is 2.93. The van der Waals surface area contributed by atoms with Gasteiger partial charge in [0.05, 0.1) is 18.8 Å². The van der Waals surface area contributed by atoms with Gasteiger partial charge in [-0.1, -0.05) is 19.9 Å². The normalized spacial score (nSPS) is 11.5. The topological polar surface area (TPSA) is 71.1 Å². The van der Waals surface area contributed by atoms with Crippen molar-refractivity contribution in [3.63, 3.8) is 0 Å². The highest BCUT2D eigenvalue weighted by Crippen LogP contribution is 2.17. The van der Waals surface area contributed by atoms with Gasteiger partial charge in [-0.25, -0.2) is 9.59 Å². The van der Waals surface area contributed by atoms with Crippen molar-refractivity contribution < 1.29 is 28.5 Å². The maximum Gasteiger partial charge on any atom is 0.338 e. The maximum absolute atomic E-state index is 12.4. The molecule has 1 rings (SSSR count). The zero-order valence-electron chi connectivity index (χ0n) is 18.4. The van der Waals surface area contributed by atoms with Crippen molar-refractivity contribution in [3.8, 4) is 5.75 Å². The molecular formula is C24H36O6. The Hall–Kier alpha value is -2.34. The van der Waals surface area contributed by atoms with Gasteiger partial charge in [-0.15, -0.1) is 0 Å². The van der Waals surface area contributed by atoms with Crippen molar-refractivity contribution in [2.45, 2.75) is 64.4 Å². The van der Waals surface area contributed by atoms with Crippen molar-refractivity contribution in [1.82, 2.24) is 0 Å². The number of rotatable bonds is 17. The number of unbranched alkanes of at least 4 members (excludes halogenated alkanes) is 3. The molecule has 30 heavy (non-hydrogen) atoms. The molecule has 1 atom stereocenters. The summed E-state index contributed by atoms with van der Waals surface area (Å²) < 4.78 is 21.4. The lowest BCUT2D eigenvalue weighted by atomic mass is 10.1. The van der Waals surface area contributed by atoms with Gasteiger partial charge in [0.2, 0.25) is 0 Å². The molecule has 0 aliphatic rings. The molecule has 0 saturated heterocycles. The molecule has 0 amide bonds. The lowest BCUT2D eigenvalue weighted by Crippen LogP contribution is -2.19. The van der Waals surface area contributed by atoms with E-state index in [1.54, 1.807) is 31.4 Å². The summed E-state index contributed by atoms with van der Waals surface area (Å²) in [5, 5.41) is 0. The number of carbonyl (C=O) groups excluding carboxylic acids is 2. The predicted octanol–water partition coefficient (Wildman–Crippen LogP) is 5.11. The molecule has 0 spiro atoms. The Morgan fingerprint density at radius 3 is 2.30 bits per heavy atom. The third-order valence-corrected chi connectivity index (χ3v) is 4.57. The largest absolute Gasteiger partial charge is 0.494 e. The van der Waals surface area contributed by atoms with Gasteiger partial charge in [0, 0.05) is 19.8 Å². The fourth-order valence-electron chi connectivity index (χ4n) is 2.93. The zero-order chi connectivity index (χ0) is 22.0. The van der Waals surface area contributed by atoms with Crippen molar-refractivity contribution in [2.75, 3.05) is 26.9 Å². The quantitative estimate of drug-likeness (QED) is 0.198. The highest BCUT2D eigenvalue weighted by Gasteiger charge is 2.15. The second-order valence-electron chi connectivity index (χ2n) is 7.11. The second kappa shape index (κ2) is 16.5. The van der Waals surface area contributed by atoms with E-state index in [0.717, 1.165) is 57.1 Å². The molecule has 0 fully saturated rings. The molecule has 0 saturated carbocycles. The maximum atomic E-state index is 12.4. The number of carbonyl (C=O) groups is 2. The van der Waals surface area contributed by atoms with E-state index in [-0.39, 0.29) is 18.0 Å². The van der Waals surface area contributed by atoms with Crippen LogP contribution in [0.15, 0.2) is 36.9 Å². The molecule has 0 N–H and O–H groups in total. The molecule has 6 heteroatoms. The highest BCUT2D eigenvalue weighted by atomic mass is 16.5. The third-order valence-electron chi connectivity index (χ3n) is 4.57. The van der Waals surface area contributed by atoms with E-state index < -0.39 is 0 Å². The lowest BCUT2D eigenvalue weighted by molar-refractivity contribution is -0.137. The Kier molecular flexibility index (Phi) is 14.1. The van der Waals surface area contributed by atoms with Gasteiger partial charge in [-0.2, -0.15) is 0 Å². The van der Waals surface area contributed by atoms with Crippen LogP contribution >= 0.6 is 0 Å². The summed E-state index contributed by atoms with van der Waals surface area (Å²) in [7, 11) is 1.67. The Balaban J connectivity index is 2.27. The van der Waals surface area contributed by atoms with Crippen LogP contribution in [0.2, 0.25) is 0 Å². The Morgan fingerprint density at radius 2 is 1.67 bits per heavy atom. The van der Waals surface area contributed by atoms with Gasteiger partial charge >= 0.3 is 11.9 Å². The number of hydrogen-bond donors (Lipinski definition) is 0. The van der Waals surface area contributed by atoms with Crippen molar-refractivity contribution in [3.05, 3.63) is 42.5 Å². The second-order valence-corrected chi connectivity index (χ2v) is 7.11. The van der Waals surface area contributed by atoms with E-state index in [1.165, 1.54) is 6.08 Å². The first-order valence-electron chi connectivity index (χ1n) is 10.8. The number of esters is 2. The average Bonchev–Trinajstić information content (AvgIpc) is 2.76. The highest BCUT2D eigenvalue weighted by molar-refractivity contribution is 5.89. The van der Waals surface area contributed by atoms with E-state index >= 15 is 0 Å². The first-order valence-corrected chi connectivity index (χ1v) is 10.8. The fraction of sp³-hybridized carbons (Fsp3) is 0.583. The minimum atomic E-state index is -0.377. The summed E-state index contributed by atoms with van der Waals surface area (Å²) in [4.78, 5) is 23.3. The summed E-state index contributed by atoms with van der Waals surface area (Å²) >= 11 is 0. The van der Waals surface area contributed by atoms with Crippen LogP contribution in [0.5, 0.6) is 5.75 Å². The SMILES string of the molecule is C=CC(=O)OCCCCCCOc1ccc(C(=O)OC(CCC)CCCOC)cc1. The molecule has 168 valence electrons. The van der Waals surface area contributed by atoms with Crippen LogP contribution in [0.3, 0.4) is 0 Å². The predicted molar refractivity (Wildman–Crippen MR) is 117 cm³/mol. The molecule has 1 unspecified atom stereocenters. The first kappa shape index (κ1) is 25.7. The van der Waals surface area contributed by atoms with E-state index in [1.807, 2.05) is 0 Å². The minimum absolute atomic E-state index is 0.0751. The van der Waals surface area contributed by atoms with Crippen LogP contribution in [0.4, 0.5) is 0 Å². The van der Waals surface area contributed by atoms with Crippen molar-refractivity contribution >= 4 is 11.9 Å². The number of benzene rings is 1. The molecule has 0 aliphatic heterocycles. The van der Waals surface area contributed by atoms with Crippen LogP contribution in [-0.2, 0) is 19.0 Å². The minimum Gasteiger partial charge on any atom is -0.494 e. The molecule has 0 aromatic heterocycles. The molecule has 1 aromatic rings. The van der Waals surface area contributed by atoms with E-state index in [0.29, 0.717) is 25.4 Å². The van der Waals surface area contributed by atoms with Crippen molar-refractivity contribution in [2.24, 2.45) is 0 Å². The number of methoxy groups -OCH3 is 1. The van der Waals surface area contributed by atoms with Gasteiger partial charge in [0.1, 0.15) is 11.9 Å². The summed E-state index contributed by atoms with van der Waals surface area (Å²) in [6.45, 7) is 7.14. The molecular weight excluding hydrogens is 384 g/mol. The van der Waals surface area contributed by atoms with Gasteiger partial charge in [-0.05, 0) is 69.2 Å². The van der Waals surface area contributed by atoms with Gasteiger partial charge in [-0.3, -0.25) is 0 Å². The summed E-state index contributed by atoms with van der Waals surface area (Å²) in [6.07, 6.45) is 8.33. The first-order chi connectivity index (χ1) is 14.6. The number of hydrogen-bond acceptors (Lipinski definition) is 6. The smallest absolute Gasteiger partial charge is 0.338 e. The molecule has 6 nitrogen and oxygen atoms in total. The Bertz CT molecular complexity index is 611. The summed E-state index contributed by atoms with van der Waals surface area (Å²) in [5.74, 6) is 0.0591. The monoisotopic (exact) mass is 420 g/mol. The zero-order valence-corrected chi connectivity index (χ0v) is 18.4. The lowest BCUT2D eigenvalue weighted by Gasteiger charge is -2.17. The van der Waals surface area contributed by atoms with Crippen LogP contribution < -0.4 is 4.74 Å². The molecule has 0 radical (unpaired) electrons. The third kappa shape index (κ3) is 11.6. The molecule has 0 heterocycles. The molecule has 0 aliphatic carbocycles. The van der Waals surface area contributed by atoms with Crippen LogP contribution in [-0.4, -0.2) is 45.0 Å². The standard InChI is InChI=1S/C24H36O6/c1-4-11-22(12-10-17-27-3)30-24(26)20-13-15-21(16-14-20)28-18-8-6-7-9-19-29-23(25)5-2/h5,13-16,22H,2,4,6-12,17-19H2,1,3H3. The van der Waals surface area contributed by atoms with Crippen LogP contribution in [0.25, 0.3) is 0 Å². The Morgan fingerprint density at radius 1 is 0.967 bits per heavy atom. The van der Waals surface area contributed by atoms with Crippen LogP contribution in [0.1, 0.15) is 68.6 Å². The average molecular weight is 421 g/mol.